The lowest BCUT2D eigenvalue weighted by Gasteiger charge is -2.33. The number of ether oxygens (including phenoxy) is 1. The van der Waals surface area contributed by atoms with Crippen molar-refractivity contribution in [3.05, 3.63) is 34.9 Å². The largest absolute Gasteiger partial charge is 0.381 e. The van der Waals surface area contributed by atoms with Crippen LogP contribution < -0.4 is 5.32 Å². The van der Waals surface area contributed by atoms with Crippen LogP contribution in [0, 0.1) is 19.8 Å². The first-order valence-corrected chi connectivity index (χ1v) is 9.26. The van der Waals surface area contributed by atoms with Crippen molar-refractivity contribution < 1.29 is 9.53 Å². The zero-order chi connectivity index (χ0) is 16.9. The van der Waals surface area contributed by atoms with Crippen LogP contribution in [0.15, 0.2) is 18.2 Å². The number of carbonyl (C=O) groups is 1. The van der Waals surface area contributed by atoms with Crippen molar-refractivity contribution in [3.63, 3.8) is 0 Å². The monoisotopic (exact) mass is 330 g/mol. The van der Waals surface area contributed by atoms with E-state index in [4.69, 9.17) is 4.74 Å². The zero-order valence-corrected chi connectivity index (χ0v) is 15.0. The molecule has 1 aromatic rings. The van der Waals surface area contributed by atoms with E-state index in [1.54, 1.807) is 0 Å². The Morgan fingerprint density at radius 2 is 2.04 bits per heavy atom. The van der Waals surface area contributed by atoms with Crippen LogP contribution in [-0.4, -0.2) is 49.7 Å². The van der Waals surface area contributed by atoms with Gasteiger partial charge < -0.3 is 15.0 Å². The third-order valence-corrected chi connectivity index (χ3v) is 5.35. The highest BCUT2D eigenvalue weighted by Crippen LogP contribution is 2.18. The van der Waals surface area contributed by atoms with Gasteiger partial charge in [-0.3, -0.25) is 4.79 Å². The summed E-state index contributed by atoms with van der Waals surface area (Å²) in [6.07, 6.45) is 3.82. The number of hydrogen-bond donors (Lipinski definition) is 1. The Morgan fingerprint density at radius 3 is 2.75 bits per heavy atom. The molecule has 2 heterocycles. The molecule has 2 aliphatic rings. The number of piperidine rings is 1. The Bertz CT molecular complexity index is 559. The van der Waals surface area contributed by atoms with Crippen molar-refractivity contribution in [3.8, 4) is 0 Å². The number of amides is 1. The van der Waals surface area contributed by atoms with Crippen molar-refractivity contribution >= 4 is 5.91 Å². The van der Waals surface area contributed by atoms with Gasteiger partial charge in [0.05, 0.1) is 13.0 Å². The summed E-state index contributed by atoms with van der Waals surface area (Å²) in [6.45, 7) is 9.33. The molecule has 2 saturated heterocycles. The Morgan fingerprint density at radius 1 is 1.25 bits per heavy atom. The summed E-state index contributed by atoms with van der Waals surface area (Å²) in [6, 6.07) is 6.66. The number of carbonyl (C=O) groups excluding carboxylic acids is 1. The van der Waals surface area contributed by atoms with Crippen molar-refractivity contribution in [2.45, 2.75) is 45.6 Å². The van der Waals surface area contributed by atoms with E-state index >= 15 is 0 Å². The summed E-state index contributed by atoms with van der Waals surface area (Å²) in [4.78, 5) is 14.9. The van der Waals surface area contributed by atoms with Gasteiger partial charge in [-0.1, -0.05) is 23.8 Å². The van der Waals surface area contributed by atoms with Crippen LogP contribution in [-0.2, 0) is 16.0 Å². The molecule has 0 aliphatic carbocycles. The van der Waals surface area contributed by atoms with Crippen molar-refractivity contribution in [2.24, 2.45) is 5.92 Å². The fourth-order valence-electron chi connectivity index (χ4n) is 3.79. The van der Waals surface area contributed by atoms with Crippen LogP contribution in [0.5, 0.6) is 0 Å². The number of likely N-dealkylation sites (tertiary alicyclic amines) is 1. The minimum Gasteiger partial charge on any atom is -0.381 e. The molecular weight excluding hydrogens is 300 g/mol. The molecule has 1 atom stereocenters. The minimum absolute atomic E-state index is 0.159. The van der Waals surface area contributed by atoms with E-state index < -0.39 is 0 Å². The highest BCUT2D eigenvalue weighted by Gasteiger charge is 2.24. The lowest BCUT2D eigenvalue weighted by Crippen LogP contribution is -2.46. The number of benzene rings is 1. The van der Waals surface area contributed by atoms with Gasteiger partial charge >= 0.3 is 0 Å². The van der Waals surface area contributed by atoms with Crippen molar-refractivity contribution in [1.29, 1.82) is 0 Å². The second-order valence-electron chi connectivity index (χ2n) is 7.48. The van der Waals surface area contributed by atoms with Gasteiger partial charge in [-0.05, 0) is 50.2 Å². The second-order valence-corrected chi connectivity index (χ2v) is 7.48. The van der Waals surface area contributed by atoms with E-state index in [0.29, 0.717) is 18.4 Å². The highest BCUT2D eigenvalue weighted by molar-refractivity contribution is 5.79. The third kappa shape index (κ3) is 4.81. The van der Waals surface area contributed by atoms with Gasteiger partial charge in [-0.25, -0.2) is 0 Å². The van der Waals surface area contributed by atoms with Crippen LogP contribution >= 0.6 is 0 Å². The molecule has 3 rings (SSSR count). The van der Waals surface area contributed by atoms with Gasteiger partial charge in [0.1, 0.15) is 0 Å². The lowest BCUT2D eigenvalue weighted by atomic mass is 10.0. The van der Waals surface area contributed by atoms with Gasteiger partial charge in [-0.15, -0.1) is 0 Å². The van der Waals surface area contributed by atoms with Gasteiger partial charge in [0.2, 0.25) is 5.91 Å². The second kappa shape index (κ2) is 8.13. The summed E-state index contributed by atoms with van der Waals surface area (Å²) < 4.78 is 5.46. The maximum absolute atomic E-state index is 12.4. The first kappa shape index (κ1) is 17.4. The normalized spacial score (nSPS) is 22.7. The standard InChI is InChI=1S/C20H30N2O2/c1-15-3-4-16(2)18(11-15)12-20(23)21-19-5-8-22(9-6-19)13-17-7-10-24-14-17/h3-4,11,17,19H,5-10,12-14H2,1-2H3,(H,21,23)/t17-/m1/s1. The number of nitrogens with zero attached hydrogens (tertiary/aromatic N) is 1. The molecule has 0 radical (unpaired) electrons. The van der Waals surface area contributed by atoms with Crippen LogP contribution in [0.3, 0.4) is 0 Å². The number of aryl methyl sites for hydroxylation is 2. The van der Waals surface area contributed by atoms with Gasteiger partial charge in [0.15, 0.2) is 0 Å². The Kier molecular flexibility index (Phi) is 5.90. The summed E-state index contributed by atoms with van der Waals surface area (Å²) in [7, 11) is 0. The Hall–Kier alpha value is -1.39. The molecule has 0 bridgehead atoms. The zero-order valence-electron chi connectivity index (χ0n) is 15.0. The summed E-state index contributed by atoms with van der Waals surface area (Å²) in [5.74, 6) is 0.867. The smallest absolute Gasteiger partial charge is 0.224 e. The van der Waals surface area contributed by atoms with E-state index in [-0.39, 0.29) is 5.91 Å². The average Bonchev–Trinajstić information content (AvgIpc) is 3.06. The molecule has 4 nitrogen and oxygen atoms in total. The molecule has 2 fully saturated rings. The molecule has 1 N–H and O–H groups in total. The molecule has 0 aromatic heterocycles. The summed E-state index contributed by atoms with van der Waals surface area (Å²) in [5.41, 5.74) is 3.56. The van der Waals surface area contributed by atoms with E-state index in [1.807, 2.05) is 0 Å². The maximum atomic E-state index is 12.4. The highest BCUT2D eigenvalue weighted by atomic mass is 16.5. The van der Waals surface area contributed by atoms with Crippen molar-refractivity contribution in [1.82, 2.24) is 10.2 Å². The first-order valence-electron chi connectivity index (χ1n) is 9.26. The molecule has 2 aliphatic heterocycles. The van der Waals surface area contributed by atoms with E-state index in [0.717, 1.165) is 51.3 Å². The SMILES string of the molecule is Cc1ccc(C)c(CC(=O)NC2CCN(C[C@H]3CCOC3)CC2)c1. The topological polar surface area (TPSA) is 41.6 Å². The quantitative estimate of drug-likeness (QED) is 0.902. The molecule has 0 saturated carbocycles. The van der Waals surface area contributed by atoms with Crippen LogP contribution in [0.25, 0.3) is 0 Å². The first-order chi connectivity index (χ1) is 11.6. The average molecular weight is 330 g/mol. The van der Waals surface area contributed by atoms with Gasteiger partial charge in [-0.2, -0.15) is 0 Å². The van der Waals surface area contributed by atoms with Crippen LogP contribution in [0.1, 0.15) is 36.0 Å². The lowest BCUT2D eigenvalue weighted by molar-refractivity contribution is -0.121. The predicted molar refractivity (Wildman–Crippen MR) is 96.2 cm³/mol. The summed E-state index contributed by atoms with van der Waals surface area (Å²) in [5, 5.41) is 3.24. The third-order valence-electron chi connectivity index (χ3n) is 5.35. The van der Waals surface area contributed by atoms with E-state index in [9.17, 15) is 4.79 Å². The van der Waals surface area contributed by atoms with Crippen molar-refractivity contribution in [2.75, 3.05) is 32.8 Å². The number of hydrogen-bond acceptors (Lipinski definition) is 3. The fourth-order valence-corrected chi connectivity index (χ4v) is 3.79. The Labute approximate surface area is 145 Å². The number of rotatable bonds is 5. The Balaban J connectivity index is 1.42. The number of nitrogens with one attached hydrogen (secondary N) is 1. The minimum atomic E-state index is 0.159. The molecular formula is C20H30N2O2. The molecule has 1 amide bonds. The van der Waals surface area contributed by atoms with Crippen LogP contribution in [0.2, 0.25) is 0 Å². The van der Waals surface area contributed by atoms with Crippen LogP contribution in [0.4, 0.5) is 0 Å². The molecule has 4 heteroatoms. The molecule has 0 spiro atoms. The van der Waals surface area contributed by atoms with E-state index in [2.05, 4.69) is 42.3 Å². The van der Waals surface area contributed by atoms with Gasteiger partial charge in [0, 0.05) is 32.3 Å². The molecule has 0 unspecified atom stereocenters. The molecule has 132 valence electrons. The summed E-state index contributed by atoms with van der Waals surface area (Å²) >= 11 is 0. The molecule has 24 heavy (non-hydrogen) atoms. The molecule has 1 aromatic carbocycles. The van der Waals surface area contributed by atoms with E-state index in [1.165, 1.54) is 17.5 Å². The van der Waals surface area contributed by atoms with Gasteiger partial charge in [0.25, 0.3) is 0 Å². The maximum Gasteiger partial charge on any atom is 0.224 e. The fraction of sp³-hybridized carbons (Fsp3) is 0.650. The predicted octanol–water partition coefficient (Wildman–Crippen LogP) is 2.46.